The normalized spacial score (nSPS) is 12.7. The van der Waals surface area contributed by atoms with E-state index in [4.69, 9.17) is 5.21 Å². The average molecular weight is 279 g/mol. The predicted molar refractivity (Wildman–Crippen MR) is 55.4 cm³/mol. The number of urea groups is 1. The number of hydrogen-bond acceptors (Lipinski definition) is 4. The molecule has 0 spiro atoms. The molecule has 0 aliphatic rings. The zero-order chi connectivity index (χ0) is 14.6. The molecular weight excluding hydrogens is 271 g/mol. The number of hydrogen-bond donors (Lipinski definition) is 4. The third kappa shape index (κ3) is 4.54. The molecule has 0 bridgehead atoms. The fourth-order valence-electron chi connectivity index (χ4n) is 1.03. The van der Waals surface area contributed by atoms with E-state index in [1.807, 2.05) is 5.32 Å². The Morgan fingerprint density at radius 3 is 2.16 bits per heavy atom. The van der Waals surface area contributed by atoms with E-state index in [0.29, 0.717) is 0 Å². The summed E-state index contributed by atoms with van der Waals surface area (Å²) in [5.74, 6) is -2.40. The van der Waals surface area contributed by atoms with E-state index in [1.54, 1.807) is 0 Å². The predicted octanol–water partition coefficient (Wildman–Crippen LogP) is 0.300. The molecule has 0 aromatic heterocycles. The first-order chi connectivity index (χ1) is 8.70. The van der Waals surface area contributed by atoms with Crippen molar-refractivity contribution < 1.29 is 33.2 Å². The Kier molecular flexibility index (Phi) is 4.43. The molecule has 4 N–H and O–H groups in total. The molecule has 1 aromatic rings. The quantitative estimate of drug-likeness (QED) is 0.584. The lowest BCUT2D eigenvalue weighted by Crippen LogP contribution is -2.99. The summed E-state index contributed by atoms with van der Waals surface area (Å²) in [6, 6.07) is 3.25. The van der Waals surface area contributed by atoms with Crippen LogP contribution in [0.4, 0.5) is 29.3 Å². The van der Waals surface area contributed by atoms with Crippen molar-refractivity contribution in [2.45, 2.75) is 6.18 Å². The molecule has 1 atom stereocenters. The van der Waals surface area contributed by atoms with E-state index in [1.165, 1.54) is 12.1 Å². The van der Waals surface area contributed by atoms with Gasteiger partial charge in [-0.3, -0.25) is 10.1 Å². The standard InChI is InChI=1S/C9H8F3N3O4/c10-9(11,12)7(16)14-8(17)13-5-1-3-6(4-2-5)15(18)19/h1-4,15,18H,(H2,13,14,16,17). The Morgan fingerprint density at radius 1 is 1.21 bits per heavy atom. The average Bonchev–Trinajstić information content (AvgIpc) is 2.28. The molecule has 1 rings (SSSR count). The largest absolute Gasteiger partial charge is 0.595 e. The summed E-state index contributed by atoms with van der Waals surface area (Å²) in [6.45, 7) is 0. The summed E-state index contributed by atoms with van der Waals surface area (Å²) in [7, 11) is 0. The van der Waals surface area contributed by atoms with E-state index in [9.17, 15) is 28.0 Å². The maximum absolute atomic E-state index is 11.8. The second kappa shape index (κ2) is 5.65. The molecule has 104 valence electrons. The fraction of sp³-hybridized carbons (Fsp3) is 0.111. The number of amides is 3. The van der Waals surface area contributed by atoms with Gasteiger partial charge in [0.1, 0.15) is 0 Å². The Hall–Kier alpha value is -2.17. The molecule has 0 radical (unpaired) electrons. The number of anilines is 1. The SMILES string of the molecule is O=C(NC(=O)C(F)(F)F)Nc1ccc([NH+]([O-])O)cc1. The first-order valence-corrected chi connectivity index (χ1v) is 4.72. The van der Waals surface area contributed by atoms with Gasteiger partial charge in [-0.2, -0.15) is 18.4 Å². The van der Waals surface area contributed by atoms with Crippen LogP contribution < -0.4 is 15.9 Å². The number of rotatable bonds is 2. The van der Waals surface area contributed by atoms with Crippen LogP contribution in [-0.2, 0) is 4.79 Å². The van der Waals surface area contributed by atoms with Crippen LogP contribution in [0.2, 0.25) is 0 Å². The molecular formula is C9H8F3N3O4. The van der Waals surface area contributed by atoms with Crippen LogP contribution >= 0.6 is 0 Å². The topological polar surface area (TPSA) is 106 Å². The van der Waals surface area contributed by atoms with Crippen molar-refractivity contribution >= 4 is 23.3 Å². The van der Waals surface area contributed by atoms with E-state index >= 15 is 0 Å². The molecule has 7 nitrogen and oxygen atoms in total. The summed E-state index contributed by atoms with van der Waals surface area (Å²) in [6.07, 6.45) is -5.16. The second-order valence-electron chi connectivity index (χ2n) is 3.29. The summed E-state index contributed by atoms with van der Waals surface area (Å²) in [4.78, 5) is 21.5. The van der Waals surface area contributed by atoms with Crippen LogP contribution in [0, 0.1) is 5.21 Å². The highest BCUT2D eigenvalue weighted by atomic mass is 19.4. The van der Waals surface area contributed by atoms with Gasteiger partial charge < -0.3 is 10.5 Å². The molecule has 0 fully saturated rings. The fourth-order valence-corrected chi connectivity index (χ4v) is 1.03. The lowest BCUT2D eigenvalue weighted by Gasteiger charge is -2.12. The number of carbonyl (C=O) groups is 2. The van der Waals surface area contributed by atoms with Gasteiger partial charge in [0.2, 0.25) is 0 Å². The maximum Gasteiger partial charge on any atom is 0.471 e. The minimum absolute atomic E-state index is 0.0393. The lowest BCUT2D eigenvalue weighted by molar-refractivity contribution is -0.991. The number of halogens is 3. The van der Waals surface area contributed by atoms with Gasteiger partial charge in [0.25, 0.3) is 0 Å². The van der Waals surface area contributed by atoms with Crippen LogP contribution in [0.5, 0.6) is 0 Å². The Bertz CT molecular complexity index is 473. The van der Waals surface area contributed by atoms with Crippen LogP contribution in [0.25, 0.3) is 0 Å². The summed E-state index contributed by atoms with van der Waals surface area (Å²) in [5, 5.41) is 20.9. The second-order valence-corrected chi connectivity index (χ2v) is 3.29. The van der Waals surface area contributed by atoms with Gasteiger partial charge >= 0.3 is 18.1 Å². The van der Waals surface area contributed by atoms with E-state index < -0.39 is 23.3 Å². The van der Waals surface area contributed by atoms with Crippen molar-refractivity contribution in [3.8, 4) is 0 Å². The van der Waals surface area contributed by atoms with Gasteiger partial charge in [0, 0.05) is 17.8 Å². The van der Waals surface area contributed by atoms with Gasteiger partial charge in [-0.25, -0.2) is 10.0 Å². The molecule has 19 heavy (non-hydrogen) atoms. The number of imide groups is 1. The highest BCUT2D eigenvalue weighted by Crippen LogP contribution is 2.14. The summed E-state index contributed by atoms with van der Waals surface area (Å²) < 4.78 is 35.5. The number of nitrogens with one attached hydrogen (secondary N) is 3. The van der Waals surface area contributed by atoms with Crippen molar-refractivity contribution in [3.63, 3.8) is 0 Å². The minimum atomic E-state index is -5.16. The monoisotopic (exact) mass is 279 g/mol. The Labute approximate surface area is 104 Å². The van der Waals surface area contributed by atoms with Gasteiger partial charge in [-0.1, -0.05) is 0 Å². The molecule has 10 heteroatoms. The lowest BCUT2D eigenvalue weighted by atomic mass is 10.3. The molecule has 0 heterocycles. The summed E-state index contributed by atoms with van der Waals surface area (Å²) in [5.41, 5.74) is -0.0187. The van der Waals surface area contributed by atoms with E-state index in [-0.39, 0.29) is 11.4 Å². The Morgan fingerprint density at radius 2 is 1.74 bits per heavy atom. The van der Waals surface area contributed by atoms with Crippen molar-refractivity contribution in [2.24, 2.45) is 0 Å². The zero-order valence-electron chi connectivity index (χ0n) is 9.12. The van der Waals surface area contributed by atoms with Gasteiger partial charge in [-0.05, 0) is 12.1 Å². The van der Waals surface area contributed by atoms with Crippen molar-refractivity contribution in [3.05, 3.63) is 29.5 Å². The zero-order valence-corrected chi connectivity index (χ0v) is 9.12. The van der Waals surface area contributed by atoms with Crippen LogP contribution in [0.15, 0.2) is 24.3 Å². The van der Waals surface area contributed by atoms with Crippen LogP contribution in [0.1, 0.15) is 0 Å². The molecule has 1 aromatic carbocycles. The van der Waals surface area contributed by atoms with Crippen molar-refractivity contribution in [2.75, 3.05) is 5.32 Å². The van der Waals surface area contributed by atoms with Gasteiger partial charge in [0.05, 0.1) is 0 Å². The van der Waals surface area contributed by atoms with Gasteiger partial charge in [-0.15, -0.1) is 0 Å². The molecule has 0 aliphatic carbocycles. The molecule has 1 unspecified atom stereocenters. The van der Waals surface area contributed by atoms with Gasteiger partial charge in [0.15, 0.2) is 5.69 Å². The smallest absolute Gasteiger partial charge is 0.471 e. The first-order valence-electron chi connectivity index (χ1n) is 4.72. The van der Waals surface area contributed by atoms with Crippen LogP contribution in [0.3, 0.4) is 0 Å². The van der Waals surface area contributed by atoms with E-state index in [2.05, 4.69) is 0 Å². The maximum atomic E-state index is 11.8. The molecule has 0 saturated heterocycles. The summed E-state index contributed by atoms with van der Waals surface area (Å²) >= 11 is 0. The van der Waals surface area contributed by atoms with Crippen molar-refractivity contribution in [1.29, 1.82) is 0 Å². The molecule has 0 aliphatic heterocycles. The third-order valence-corrected chi connectivity index (χ3v) is 1.87. The minimum Gasteiger partial charge on any atom is -0.595 e. The first kappa shape index (κ1) is 14.9. The Balaban J connectivity index is 2.60. The molecule has 3 amide bonds. The highest BCUT2D eigenvalue weighted by Gasteiger charge is 2.39. The van der Waals surface area contributed by atoms with E-state index in [0.717, 1.165) is 17.4 Å². The number of benzene rings is 1. The molecule has 0 saturated carbocycles. The number of quaternary nitrogens is 1. The van der Waals surface area contributed by atoms with Crippen molar-refractivity contribution in [1.82, 2.24) is 5.32 Å². The van der Waals surface area contributed by atoms with Crippen LogP contribution in [-0.4, -0.2) is 23.3 Å². The number of alkyl halides is 3. The number of carbonyl (C=O) groups excluding carboxylic acids is 2. The highest BCUT2D eigenvalue weighted by molar-refractivity contribution is 6.02. The third-order valence-electron chi connectivity index (χ3n) is 1.87.